The summed E-state index contributed by atoms with van der Waals surface area (Å²) in [7, 11) is 0. The number of aromatic nitrogens is 2. The second kappa shape index (κ2) is 11.4. The van der Waals surface area contributed by atoms with Gasteiger partial charge >= 0.3 is 0 Å². The number of fused-ring (bicyclic) bond motifs is 9. The number of anilines is 3. The molecule has 1 aliphatic rings. The van der Waals surface area contributed by atoms with E-state index in [-0.39, 0.29) is 0 Å². The molecule has 2 aromatic heterocycles. The second-order valence-corrected chi connectivity index (χ2v) is 12.1. The average molecular weight is 618 g/mol. The molecule has 5 nitrogen and oxygen atoms in total. The van der Waals surface area contributed by atoms with Gasteiger partial charge in [-0.25, -0.2) is 0 Å². The first kappa shape index (κ1) is 27.8. The molecular formula is C43H31N5. The predicted octanol–water partition coefficient (Wildman–Crippen LogP) is 10.2. The van der Waals surface area contributed by atoms with E-state index < -0.39 is 0 Å². The quantitative estimate of drug-likeness (QED) is 0.154. The first-order valence-electron chi connectivity index (χ1n) is 16.2. The number of para-hydroxylation sites is 2. The lowest BCUT2D eigenvalue weighted by Gasteiger charge is -2.28. The van der Waals surface area contributed by atoms with Gasteiger partial charge in [0.1, 0.15) is 5.84 Å². The lowest BCUT2D eigenvalue weighted by Crippen LogP contribution is -2.13. The van der Waals surface area contributed by atoms with Gasteiger partial charge in [-0.05, 0) is 53.1 Å². The van der Waals surface area contributed by atoms with Crippen LogP contribution in [-0.4, -0.2) is 15.4 Å². The van der Waals surface area contributed by atoms with Crippen molar-refractivity contribution in [2.24, 2.45) is 10.7 Å². The van der Waals surface area contributed by atoms with E-state index in [4.69, 9.17) is 5.73 Å². The molecule has 5 heteroatoms. The number of hydrogen-bond donors (Lipinski definition) is 1. The van der Waals surface area contributed by atoms with E-state index >= 15 is 0 Å². The van der Waals surface area contributed by atoms with Crippen molar-refractivity contribution in [2.45, 2.75) is 6.54 Å². The number of benzene rings is 6. The van der Waals surface area contributed by atoms with Crippen molar-refractivity contribution >= 4 is 44.7 Å². The SMILES string of the molecule is NC(=NCc1ccc(-n2c3ccncc3c3ccc4c(c32)N(c2ccccc2)c2ccccc2-c2ccccc2-4)cc1)c1ccccc1. The Hall–Kier alpha value is -6.46. The zero-order valence-electron chi connectivity index (χ0n) is 26.2. The van der Waals surface area contributed by atoms with Crippen LogP contribution < -0.4 is 10.6 Å². The highest BCUT2D eigenvalue weighted by molar-refractivity contribution is 6.19. The number of rotatable bonds is 5. The largest absolute Gasteiger partial charge is 0.383 e. The molecule has 1 aliphatic heterocycles. The molecule has 0 saturated carbocycles. The summed E-state index contributed by atoms with van der Waals surface area (Å²) in [5.41, 5.74) is 19.8. The Morgan fingerprint density at radius 2 is 1.25 bits per heavy atom. The monoisotopic (exact) mass is 617 g/mol. The maximum absolute atomic E-state index is 6.32. The lowest BCUT2D eigenvalue weighted by atomic mass is 9.94. The molecule has 0 fully saturated rings. The van der Waals surface area contributed by atoms with Gasteiger partial charge in [0.05, 0.1) is 29.0 Å². The van der Waals surface area contributed by atoms with Crippen molar-refractivity contribution in [1.82, 2.24) is 9.55 Å². The summed E-state index contributed by atoms with van der Waals surface area (Å²) in [6.45, 7) is 0.503. The van der Waals surface area contributed by atoms with Crippen molar-refractivity contribution in [1.29, 1.82) is 0 Å². The highest BCUT2D eigenvalue weighted by atomic mass is 15.2. The van der Waals surface area contributed by atoms with Crippen LogP contribution in [0.25, 0.3) is 49.7 Å². The van der Waals surface area contributed by atoms with Gasteiger partial charge in [0.15, 0.2) is 0 Å². The number of hydrogen-bond acceptors (Lipinski definition) is 3. The molecule has 48 heavy (non-hydrogen) atoms. The lowest BCUT2D eigenvalue weighted by molar-refractivity contribution is 1.05. The van der Waals surface area contributed by atoms with Gasteiger partial charge in [-0.3, -0.25) is 9.98 Å². The summed E-state index contributed by atoms with van der Waals surface area (Å²) < 4.78 is 2.39. The van der Waals surface area contributed by atoms with Crippen molar-refractivity contribution in [3.63, 3.8) is 0 Å². The summed E-state index contributed by atoms with van der Waals surface area (Å²) in [5.74, 6) is 0.541. The Balaban J connectivity index is 1.30. The third kappa shape index (κ3) is 4.48. The molecule has 0 unspecified atom stereocenters. The van der Waals surface area contributed by atoms with Crippen molar-refractivity contribution in [3.05, 3.63) is 175 Å². The van der Waals surface area contributed by atoms with E-state index in [2.05, 4.69) is 141 Å². The fourth-order valence-electron chi connectivity index (χ4n) is 7.09. The fourth-order valence-corrected chi connectivity index (χ4v) is 7.09. The number of pyridine rings is 1. The normalized spacial score (nSPS) is 12.4. The topological polar surface area (TPSA) is 59.4 Å². The third-order valence-corrected chi connectivity index (χ3v) is 9.29. The Labute approximate surface area is 278 Å². The van der Waals surface area contributed by atoms with Gasteiger partial charge in [0, 0.05) is 51.2 Å². The first-order valence-corrected chi connectivity index (χ1v) is 16.2. The molecular weight excluding hydrogens is 587 g/mol. The van der Waals surface area contributed by atoms with Crippen LogP contribution in [0.15, 0.2) is 169 Å². The van der Waals surface area contributed by atoms with Crippen LogP contribution in [0, 0.1) is 0 Å². The van der Waals surface area contributed by atoms with Gasteiger partial charge in [-0.15, -0.1) is 0 Å². The second-order valence-electron chi connectivity index (χ2n) is 12.1. The van der Waals surface area contributed by atoms with Crippen molar-refractivity contribution in [3.8, 4) is 27.9 Å². The number of nitrogens with two attached hydrogens (primary N) is 1. The number of aliphatic imine (C=N–C) groups is 1. The number of nitrogens with zero attached hydrogens (tertiary/aromatic N) is 4. The molecule has 3 heterocycles. The smallest absolute Gasteiger partial charge is 0.125 e. The molecule has 0 atom stereocenters. The third-order valence-electron chi connectivity index (χ3n) is 9.29. The van der Waals surface area contributed by atoms with Gasteiger partial charge in [0.25, 0.3) is 0 Å². The summed E-state index contributed by atoms with van der Waals surface area (Å²) >= 11 is 0. The summed E-state index contributed by atoms with van der Waals surface area (Å²) in [5, 5.41) is 2.26. The van der Waals surface area contributed by atoms with Crippen LogP contribution in [0.3, 0.4) is 0 Å². The molecule has 9 rings (SSSR count). The minimum Gasteiger partial charge on any atom is -0.383 e. The summed E-state index contributed by atoms with van der Waals surface area (Å²) in [4.78, 5) is 11.7. The molecule has 2 N–H and O–H groups in total. The minimum atomic E-state index is 0.503. The maximum Gasteiger partial charge on any atom is 0.125 e. The van der Waals surface area contributed by atoms with Crippen LogP contribution in [0.5, 0.6) is 0 Å². The Bertz CT molecular complexity index is 2480. The average Bonchev–Trinajstić information content (AvgIpc) is 3.43. The zero-order valence-corrected chi connectivity index (χ0v) is 26.2. The van der Waals surface area contributed by atoms with Crippen LogP contribution in [0.2, 0.25) is 0 Å². The maximum atomic E-state index is 6.32. The van der Waals surface area contributed by atoms with E-state index in [1.807, 2.05) is 42.7 Å². The molecule has 0 bridgehead atoms. The molecule has 0 aliphatic carbocycles. The number of amidine groups is 1. The zero-order chi connectivity index (χ0) is 32.0. The van der Waals surface area contributed by atoms with Gasteiger partial charge in [0.2, 0.25) is 0 Å². The van der Waals surface area contributed by atoms with Crippen molar-refractivity contribution in [2.75, 3.05) is 4.90 Å². The molecule has 0 spiro atoms. The van der Waals surface area contributed by atoms with Gasteiger partial charge < -0.3 is 15.2 Å². The summed E-state index contributed by atoms with van der Waals surface area (Å²) in [6, 6.07) is 53.4. The molecule has 228 valence electrons. The fraction of sp³-hybridized carbons (Fsp3) is 0.0233. The van der Waals surface area contributed by atoms with Crippen LogP contribution in [0.4, 0.5) is 17.1 Å². The molecule has 0 amide bonds. The van der Waals surface area contributed by atoms with Crippen LogP contribution in [-0.2, 0) is 6.54 Å². The Morgan fingerprint density at radius 1 is 0.583 bits per heavy atom. The predicted molar refractivity (Wildman–Crippen MR) is 199 cm³/mol. The minimum absolute atomic E-state index is 0.503. The summed E-state index contributed by atoms with van der Waals surface area (Å²) in [6.07, 6.45) is 3.87. The highest BCUT2D eigenvalue weighted by Crippen LogP contribution is 2.54. The molecule has 0 saturated heterocycles. The first-order chi connectivity index (χ1) is 23.8. The highest BCUT2D eigenvalue weighted by Gasteiger charge is 2.30. The molecule has 6 aromatic carbocycles. The van der Waals surface area contributed by atoms with Crippen LogP contribution in [0.1, 0.15) is 11.1 Å². The standard InChI is InChI=1S/C43H31N5/c44-43(30-11-3-1-4-12-30)46-27-29-19-21-32(22-20-29)48-40-25-26-45-28-38(40)37-24-23-36-34-16-8-7-15-33(34)35-17-9-10-18-39(35)47(41(36)42(37)48)31-13-5-2-6-14-31/h1-26,28H,27H2,(H2,44,46). The Morgan fingerprint density at radius 3 is 2.02 bits per heavy atom. The van der Waals surface area contributed by atoms with Gasteiger partial charge in [-0.1, -0.05) is 115 Å². The molecule has 0 radical (unpaired) electrons. The van der Waals surface area contributed by atoms with E-state index in [9.17, 15) is 0 Å². The van der Waals surface area contributed by atoms with E-state index in [0.717, 1.165) is 55.7 Å². The van der Waals surface area contributed by atoms with Gasteiger partial charge in [-0.2, -0.15) is 0 Å². The van der Waals surface area contributed by atoms with Crippen LogP contribution >= 0.6 is 0 Å². The van der Waals surface area contributed by atoms with E-state index in [1.54, 1.807) is 0 Å². The van der Waals surface area contributed by atoms with E-state index in [1.165, 1.54) is 22.3 Å². The van der Waals surface area contributed by atoms with Crippen molar-refractivity contribution < 1.29 is 0 Å². The Kier molecular flexibility index (Phi) is 6.61. The molecule has 8 aromatic rings. The van der Waals surface area contributed by atoms with E-state index in [0.29, 0.717) is 12.4 Å².